The first kappa shape index (κ1) is 14.3. The maximum atomic E-state index is 12.1. The van der Waals surface area contributed by atoms with Crippen molar-refractivity contribution in [2.75, 3.05) is 18.4 Å². The van der Waals surface area contributed by atoms with Crippen LogP contribution in [0.15, 0.2) is 30.7 Å². The number of amides is 1. The van der Waals surface area contributed by atoms with E-state index in [1.54, 1.807) is 16.9 Å². The van der Waals surface area contributed by atoms with Crippen LogP contribution in [0.5, 0.6) is 0 Å². The minimum absolute atomic E-state index is 0.219. The van der Waals surface area contributed by atoms with E-state index in [1.165, 1.54) is 6.20 Å². The molecule has 0 saturated heterocycles. The van der Waals surface area contributed by atoms with E-state index >= 15 is 0 Å². The number of carbonyl (C=O) groups is 1. The molecule has 6 nitrogen and oxygen atoms in total. The maximum Gasteiger partial charge on any atom is 0.253 e. The van der Waals surface area contributed by atoms with Gasteiger partial charge < -0.3 is 10.6 Å². The Morgan fingerprint density at radius 3 is 3.05 bits per heavy atom. The lowest BCUT2D eigenvalue weighted by atomic mass is 10.2. The number of anilines is 1. The van der Waals surface area contributed by atoms with Gasteiger partial charge in [-0.2, -0.15) is 5.10 Å². The number of aromatic nitrogens is 3. The Hall–Kier alpha value is -2.08. The lowest BCUT2D eigenvalue weighted by Crippen LogP contribution is -2.27. The molecule has 0 unspecified atom stereocenters. The summed E-state index contributed by atoms with van der Waals surface area (Å²) >= 11 is 6.00. The van der Waals surface area contributed by atoms with Gasteiger partial charge >= 0.3 is 0 Å². The molecule has 0 bridgehead atoms. The summed E-state index contributed by atoms with van der Waals surface area (Å²) in [6, 6.07) is 3.49. The summed E-state index contributed by atoms with van der Waals surface area (Å²) in [5.41, 5.74) is 0.415. The Labute approximate surface area is 122 Å². The first-order chi connectivity index (χ1) is 9.70. The van der Waals surface area contributed by atoms with Crippen molar-refractivity contribution < 1.29 is 4.79 Å². The van der Waals surface area contributed by atoms with Gasteiger partial charge in [-0.3, -0.25) is 9.48 Å². The summed E-state index contributed by atoms with van der Waals surface area (Å²) in [5.74, 6) is 0.415. The smallest absolute Gasteiger partial charge is 0.253 e. The average Bonchev–Trinajstić information content (AvgIpc) is 2.94. The van der Waals surface area contributed by atoms with E-state index in [0.29, 0.717) is 29.5 Å². The van der Waals surface area contributed by atoms with Crippen LogP contribution in [0.4, 0.5) is 5.82 Å². The highest BCUT2D eigenvalue weighted by molar-refractivity contribution is 6.33. The van der Waals surface area contributed by atoms with Crippen molar-refractivity contribution >= 4 is 23.3 Å². The summed E-state index contributed by atoms with van der Waals surface area (Å²) in [7, 11) is 0. The van der Waals surface area contributed by atoms with Gasteiger partial charge in [-0.15, -0.1) is 0 Å². The highest BCUT2D eigenvalue weighted by Crippen LogP contribution is 2.17. The summed E-state index contributed by atoms with van der Waals surface area (Å²) in [5, 5.41) is 10.2. The number of nitrogens with one attached hydrogen (secondary N) is 2. The molecule has 0 aliphatic carbocycles. The third kappa shape index (κ3) is 3.71. The van der Waals surface area contributed by atoms with Crippen molar-refractivity contribution in [1.29, 1.82) is 0 Å². The van der Waals surface area contributed by atoms with Gasteiger partial charge in [0.1, 0.15) is 5.82 Å². The van der Waals surface area contributed by atoms with Gasteiger partial charge in [0.05, 0.1) is 17.1 Å². The highest BCUT2D eigenvalue weighted by atomic mass is 35.5. The molecule has 20 heavy (non-hydrogen) atoms. The van der Waals surface area contributed by atoms with Crippen LogP contribution in [0.2, 0.25) is 5.02 Å². The number of pyridine rings is 1. The zero-order chi connectivity index (χ0) is 14.4. The summed E-state index contributed by atoms with van der Waals surface area (Å²) in [6.07, 6.45) is 5.01. The second kappa shape index (κ2) is 6.91. The predicted octanol–water partition coefficient (Wildman–Crippen LogP) is 1.79. The minimum Gasteiger partial charge on any atom is -0.370 e. The molecule has 106 valence electrons. The first-order valence-electron chi connectivity index (χ1n) is 6.35. The van der Waals surface area contributed by atoms with Crippen LogP contribution in [-0.4, -0.2) is 33.8 Å². The maximum absolute atomic E-state index is 12.1. The lowest BCUT2D eigenvalue weighted by molar-refractivity contribution is 0.0952. The standard InChI is InChI=1S/C13H16ClN5O/c1-2-15-12-8-10(11(14)9-17-12)13(20)16-5-7-19-6-3-4-18-19/h3-4,6,8-9H,2,5,7H2,1H3,(H,15,17)(H,16,20). The number of nitrogens with zero attached hydrogens (tertiary/aromatic N) is 3. The van der Waals surface area contributed by atoms with Crippen LogP contribution < -0.4 is 10.6 Å². The number of halogens is 1. The van der Waals surface area contributed by atoms with Crippen molar-refractivity contribution in [3.8, 4) is 0 Å². The molecule has 0 atom stereocenters. The molecule has 2 aromatic heterocycles. The molecular formula is C13H16ClN5O. The molecule has 2 N–H and O–H groups in total. The zero-order valence-corrected chi connectivity index (χ0v) is 11.9. The molecule has 2 aromatic rings. The van der Waals surface area contributed by atoms with Gasteiger partial charge in [0, 0.05) is 31.7 Å². The van der Waals surface area contributed by atoms with Gasteiger partial charge in [0.2, 0.25) is 0 Å². The van der Waals surface area contributed by atoms with Gasteiger partial charge in [-0.25, -0.2) is 4.98 Å². The molecule has 2 rings (SSSR count). The lowest BCUT2D eigenvalue weighted by Gasteiger charge is -2.09. The molecule has 0 aliphatic heterocycles. The fraction of sp³-hybridized carbons (Fsp3) is 0.308. The fourth-order valence-corrected chi connectivity index (χ4v) is 1.89. The van der Waals surface area contributed by atoms with Gasteiger partial charge in [-0.05, 0) is 19.1 Å². The largest absolute Gasteiger partial charge is 0.370 e. The number of hydrogen-bond acceptors (Lipinski definition) is 4. The van der Waals surface area contributed by atoms with Crippen molar-refractivity contribution in [1.82, 2.24) is 20.1 Å². The van der Waals surface area contributed by atoms with Crippen LogP contribution in [0.1, 0.15) is 17.3 Å². The van der Waals surface area contributed by atoms with E-state index in [2.05, 4.69) is 20.7 Å². The Balaban J connectivity index is 1.95. The molecular weight excluding hydrogens is 278 g/mol. The SMILES string of the molecule is CCNc1cc(C(=O)NCCn2cccn2)c(Cl)cn1. The second-order valence-corrected chi connectivity index (χ2v) is 4.51. The molecule has 0 radical (unpaired) electrons. The van der Waals surface area contributed by atoms with Crippen molar-refractivity contribution in [3.63, 3.8) is 0 Å². The quantitative estimate of drug-likeness (QED) is 0.852. The van der Waals surface area contributed by atoms with Crippen LogP contribution in [0.25, 0.3) is 0 Å². The fourth-order valence-electron chi connectivity index (χ4n) is 1.70. The highest BCUT2D eigenvalue weighted by Gasteiger charge is 2.11. The predicted molar refractivity (Wildman–Crippen MR) is 78.0 cm³/mol. The molecule has 1 amide bonds. The second-order valence-electron chi connectivity index (χ2n) is 4.10. The first-order valence-corrected chi connectivity index (χ1v) is 6.73. The van der Waals surface area contributed by atoms with Crippen molar-refractivity contribution in [2.45, 2.75) is 13.5 Å². The molecule has 0 fully saturated rings. The minimum atomic E-state index is -0.219. The Morgan fingerprint density at radius 1 is 1.50 bits per heavy atom. The van der Waals surface area contributed by atoms with E-state index in [-0.39, 0.29) is 5.91 Å². The summed E-state index contributed by atoms with van der Waals surface area (Å²) < 4.78 is 1.75. The third-order valence-corrected chi connectivity index (χ3v) is 2.94. The molecule has 0 aliphatic rings. The van der Waals surface area contributed by atoms with Crippen molar-refractivity contribution in [2.24, 2.45) is 0 Å². The molecule has 0 spiro atoms. The van der Waals surface area contributed by atoms with Crippen LogP contribution in [-0.2, 0) is 6.54 Å². The molecule has 0 aromatic carbocycles. The monoisotopic (exact) mass is 293 g/mol. The van der Waals surface area contributed by atoms with Gasteiger partial charge in [0.15, 0.2) is 0 Å². The number of hydrogen-bond donors (Lipinski definition) is 2. The Bertz CT molecular complexity index is 570. The van der Waals surface area contributed by atoms with Crippen LogP contribution >= 0.6 is 11.6 Å². The summed E-state index contributed by atoms with van der Waals surface area (Å²) in [6.45, 7) is 3.78. The molecule has 2 heterocycles. The van der Waals surface area contributed by atoms with Crippen LogP contribution in [0.3, 0.4) is 0 Å². The van der Waals surface area contributed by atoms with E-state index in [9.17, 15) is 4.79 Å². The van der Waals surface area contributed by atoms with Gasteiger partial charge in [0.25, 0.3) is 5.91 Å². The zero-order valence-electron chi connectivity index (χ0n) is 11.1. The molecule has 0 saturated carbocycles. The normalized spacial score (nSPS) is 10.3. The third-order valence-electron chi connectivity index (χ3n) is 2.64. The van der Waals surface area contributed by atoms with E-state index < -0.39 is 0 Å². The molecule has 7 heteroatoms. The van der Waals surface area contributed by atoms with Gasteiger partial charge in [-0.1, -0.05) is 11.6 Å². The number of rotatable bonds is 6. The van der Waals surface area contributed by atoms with E-state index in [1.807, 2.05) is 19.2 Å². The Kier molecular flexibility index (Phi) is 4.95. The van der Waals surface area contributed by atoms with Crippen molar-refractivity contribution in [3.05, 3.63) is 41.3 Å². The number of carbonyl (C=O) groups excluding carboxylic acids is 1. The summed E-state index contributed by atoms with van der Waals surface area (Å²) in [4.78, 5) is 16.2. The topological polar surface area (TPSA) is 71.8 Å². The Morgan fingerprint density at radius 2 is 2.35 bits per heavy atom. The van der Waals surface area contributed by atoms with E-state index in [4.69, 9.17) is 11.6 Å². The van der Waals surface area contributed by atoms with Crippen LogP contribution in [0, 0.1) is 0 Å². The average molecular weight is 294 g/mol. The van der Waals surface area contributed by atoms with E-state index in [0.717, 1.165) is 6.54 Å².